The largest absolute Gasteiger partial charge is 0.573 e. The van der Waals surface area contributed by atoms with E-state index in [1.54, 1.807) is 6.92 Å². The van der Waals surface area contributed by atoms with E-state index in [2.05, 4.69) is 20.7 Å². The summed E-state index contributed by atoms with van der Waals surface area (Å²) in [7, 11) is 0. The Bertz CT molecular complexity index is 368. The van der Waals surface area contributed by atoms with Crippen molar-refractivity contribution in [3.8, 4) is 5.75 Å². The first-order chi connectivity index (χ1) is 7.33. The zero-order valence-electron chi connectivity index (χ0n) is 8.51. The molecule has 1 aromatic rings. The maximum absolute atomic E-state index is 12.1. The molecule has 0 spiro atoms. The molecule has 0 saturated carbocycles. The molecule has 2 N–H and O–H groups in total. The highest BCUT2D eigenvalue weighted by Crippen LogP contribution is 2.32. The average molecular weight is 298 g/mol. The topological polar surface area (TPSA) is 35.2 Å². The SMILES string of the molecule is CC[C@H](N)c1cc(Br)ccc1OC(F)(F)F. The van der Waals surface area contributed by atoms with Crippen LogP contribution in [-0.4, -0.2) is 6.36 Å². The maximum atomic E-state index is 12.1. The molecule has 0 unspecified atom stereocenters. The van der Waals surface area contributed by atoms with Crippen molar-refractivity contribution in [2.75, 3.05) is 0 Å². The number of hydrogen-bond acceptors (Lipinski definition) is 2. The van der Waals surface area contributed by atoms with Crippen molar-refractivity contribution in [1.29, 1.82) is 0 Å². The molecule has 6 heteroatoms. The fourth-order valence-electron chi connectivity index (χ4n) is 1.25. The standard InChI is InChI=1S/C10H11BrF3NO/c1-2-8(15)7-5-6(11)3-4-9(7)16-10(12,13)14/h3-5,8H,2,15H2,1H3/t8-/m0/s1. The van der Waals surface area contributed by atoms with Crippen LogP contribution in [0.15, 0.2) is 22.7 Å². The summed E-state index contributed by atoms with van der Waals surface area (Å²) in [6, 6.07) is 3.79. The van der Waals surface area contributed by atoms with Crippen LogP contribution in [0.2, 0.25) is 0 Å². The number of nitrogens with two attached hydrogens (primary N) is 1. The molecule has 0 aliphatic heterocycles. The van der Waals surface area contributed by atoms with E-state index in [1.165, 1.54) is 18.2 Å². The second-order valence-corrected chi connectivity index (χ2v) is 4.16. The zero-order valence-corrected chi connectivity index (χ0v) is 10.1. The van der Waals surface area contributed by atoms with E-state index >= 15 is 0 Å². The zero-order chi connectivity index (χ0) is 12.3. The normalized spacial score (nSPS) is 13.6. The molecule has 1 aromatic carbocycles. The molecule has 16 heavy (non-hydrogen) atoms. The number of alkyl halides is 3. The smallest absolute Gasteiger partial charge is 0.405 e. The summed E-state index contributed by atoms with van der Waals surface area (Å²) in [6.45, 7) is 1.79. The van der Waals surface area contributed by atoms with Crippen LogP contribution in [0.3, 0.4) is 0 Å². The molecular weight excluding hydrogens is 287 g/mol. The predicted molar refractivity (Wildman–Crippen MR) is 58.0 cm³/mol. The van der Waals surface area contributed by atoms with Gasteiger partial charge in [0.25, 0.3) is 0 Å². The fourth-order valence-corrected chi connectivity index (χ4v) is 1.63. The first kappa shape index (κ1) is 13.3. The Morgan fingerprint density at radius 3 is 2.56 bits per heavy atom. The van der Waals surface area contributed by atoms with Crippen LogP contribution >= 0.6 is 15.9 Å². The lowest BCUT2D eigenvalue weighted by molar-refractivity contribution is -0.275. The predicted octanol–water partition coefficient (Wildman–Crippen LogP) is 3.76. The summed E-state index contributed by atoms with van der Waals surface area (Å²) in [5.74, 6) is -0.245. The molecule has 1 rings (SSSR count). The Balaban J connectivity index is 3.07. The average Bonchev–Trinajstić information content (AvgIpc) is 2.17. The third kappa shape index (κ3) is 3.68. The van der Waals surface area contributed by atoms with Crippen molar-refractivity contribution in [3.63, 3.8) is 0 Å². The number of halogens is 4. The minimum atomic E-state index is -4.70. The Morgan fingerprint density at radius 1 is 1.44 bits per heavy atom. The van der Waals surface area contributed by atoms with Gasteiger partial charge in [0.2, 0.25) is 0 Å². The Morgan fingerprint density at radius 2 is 2.06 bits per heavy atom. The number of benzene rings is 1. The lowest BCUT2D eigenvalue weighted by atomic mass is 10.0. The van der Waals surface area contributed by atoms with Gasteiger partial charge < -0.3 is 10.5 Å². The van der Waals surface area contributed by atoms with Gasteiger partial charge >= 0.3 is 6.36 Å². The molecule has 0 amide bonds. The van der Waals surface area contributed by atoms with Gasteiger partial charge in [-0.15, -0.1) is 13.2 Å². The molecule has 2 nitrogen and oxygen atoms in total. The van der Waals surface area contributed by atoms with Gasteiger partial charge in [-0.1, -0.05) is 22.9 Å². The summed E-state index contributed by atoms with van der Waals surface area (Å²) < 4.78 is 40.9. The van der Waals surface area contributed by atoms with Crippen molar-refractivity contribution in [2.24, 2.45) is 5.73 Å². The molecule has 0 heterocycles. The van der Waals surface area contributed by atoms with Gasteiger partial charge in [0.1, 0.15) is 5.75 Å². The first-order valence-corrected chi connectivity index (χ1v) is 5.43. The highest BCUT2D eigenvalue weighted by molar-refractivity contribution is 9.10. The molecule has 0 saturated heterocycles. The fraction of sp³-hybridized carbons (Fsp3) is 0.400. The Kier molecular flexibility index (Phi) is 4.21. The van der Waals surface area contributed by atoms with Crippen molar-refractivity contribution in [1.82, 2.24) is 0 Å². The summed E-state index contributed by atoms with van der Waals surface area (Å²) in [5, 5.41) is 0. The van der Waals surface area contributed by atoms with Crippen LogP contribution in [0.4, 0.5) is 13.2 Å². The van der Waals surface area contributed by atoms with Crippen molar-refractivity contribution >= 4 is 15.9 Å². The van der Waals surface area contributed by atoms with Crippen molar-refractivity contribution in [3.05, 3.63) is 28.2 Å². The van der Waals surface area contributed by atoms with E-state index in [-0.39, 0.29) is 5.75 Å². The quantitative estimate of drug-likeness (QED) is 0.922. The number of hydrogen-bond donors (Lipinski definition) is 1. The molecule has 0 radical (unpaired) electrons. The molecule has 0 aliphatic rings. The summed E-state index contributed by atoms with van der Waals surface area (Å²) >= 11 is 3.18. The molecule has 90 valence electrons. The number of ether oxygens (including phenoxy) is 1. The summed E-state index contributed by atoms with van der Waals surface area (Å²) in [6.07, 6.45) is -4.17. The van der Waals surface area contributed by atoms with Gasteiger partial charge in [0.05, 0.1) is 0 Å². The summed E-state index contributed by atoms with van der Waals surface area (Å²) in [5.41, 5.74) is 6.06. The van der Waals surface area contributed by atoms with Crippen LogP contribution in [-0.2, 0) is 0 Å². The van der Waals surface area contributed by atoms with Crippen LogP contribution in [0.1, 0.15) is 24.9 Å². The minimum absolute atomic E-state index is 0.245. The lowest BCUT2D eigenvalue weighted by Crippen LogP contribution is -2.20. The van der Waals surface area contributed by atoms with E-state index in [0.717, 1.165) is 0 Å². The highest BCUT2D eigenvalue weighted by atomic mass is 79.9. The maximum Gasteiger partial charge on any atom is 0.573 e. The summed E-state index contributed by atoms with van der Waals surface area (Å²) in [4.78, 5) is 0. The van der Waals surface area contributed by atoms with Crippen LogP contribution in [0, 0.1) is 0 Å². The third-order valence-corrected chi connectivity index (χ3v) is 2.53. The second kappa shape index (κ2) is 5.05. The van der Waals surface area contributed by atoms with E-state index in [1.807, 2.05) is 0 Å². The number of rotatable bonds is 3. The monoisotopic (exact) mass is 297 g/mol. The molecule has 0 aliphatic carbocycles. The van der Waals surface area contributed by atoms with Crippen LogP contribution < -0.4 is 10.5 Å². The second-order valence-electron chi connectivity index (χ2n) is 3.24. The van der Waals surface area contributed by atoms with Gasteiger partial charge in [-0.2, -0.15) is 0 Å². The molecule has 0 bridgehead atoms. The van der Waals surface area contributed by atoms with Crippen molar-refractivity contribution < 1.29 is 17.9 Å². The van der Waals surface area contributed by atoms with E-state index in [0.29, 0.717) is 16.5 Å². The van der Waals surface area contributed by atoms with Gasteiger partial charge in [0, 0.05) is 16.1 Å². The van der Waals surface area contributed by atoms with Gasteiger partial charge in [-0.25, -0.2) is 0 Å². The third-order valence-electron chi connectivity index (χ3n) is 2.04. The molecule has 0 aromatic heterocycles. The van der Waals surface area contributed by atoms with Crippen LogP contribution in [0.5, 0.6) is 5.75 Å². The van der Waals surface area contributed by atoms with Gasteiger partial charge in [-0.3, -0.25) is 0 Å². The lowest BCUT2D eigenvalue weighted by Gasteiger charge is -2.17. The highest BCUT2D eigenvalue weighted by Gasteiger charge is 2.32. The van der Waals surface area contributed by atoms with E-state index < -0.39 is 12.4 Å². The Labute approximate surface area is 99.7 Å². The van der Waals surface area contributed by atoms with E-state index in [9.17, 15) is 13.2 Å². The first-order valence-electron chi connectivity index (χ1n) is 4.64. The minimum Gasteiger partial charge on any atom is -0.405 e. The Hall–Kier alpha value is -0.750. The molecule has 1 atom stereocenters. The molecule has 0 fully saturated rings. The van der Waals surface area contributed by atoms with Crippen LogP contribution in [0.25, 0.3) is 0 Å². The van der Waals surface area contributed by atoms with Gasteiger partial charge in [0.15, 0.2) is 0 Å². The van der Waals surface area contributed by atoms with E-state index in [4.69, 9.17) is 5.73 Å². The van der Waals surface area contributed by atoms with Gasteiger partial charge in [-0.05, 0) is 24.6 Å². The van der Waals surface area contributed by atoms with Crippen molar-refractivity contribution in [2.45, 2.75) is 25.7 Å². The molecular formula is C10H11BrF3NO.